The summed E-state index contributed by atoms with van der Waals surface area (Å²) in [7, 11) is 1.81. The standard InChI is InChI=1S/C4H9BrN2S/c1-7-8-4(6)2-3-5/h6-7H,2-3H2,1H3. The van der Waals surface area contributed by atoms with E-state index in [9.17, 15) is 0 Å². The molecule has 0 aromatic carbocycles. The Morgan fingerprint density at radius 2 is 2.50 bits per heavy atom. The molecule has 0 bridgehead atoms. The highest BCUT2D eigenvalue weighted by Gasteiger charge is 1.91. The third-order valence-electron chi connectivity index (χ3n) is 0.547. The van der Waals surface area contributed by atoms with E-state index in [4.69, 9.17) is 5.41 Å². The van der Waals surface area contributed by atoms with Gasteiger partial charge in [-0.15, -0.1) is 0 Å². The van der Waals surface area contributed by atoms with Gasteiger partial charge in [0, 0.05) is 11.8 Å². The van der Waals surface area contributed by atoms with Crippen LogP contribution in [0.15, 0.2) is 0 Å². The molecular weight excluding hydrogens is 188 g/mol. The first-order valence-corrected chi connectivity index (χ1v) is 4.22. The maximum atomic E-state index is 7.16. The normalized spacial score (nSPS) is 9.25. The smallest absolute Gasteiger partial charge is 0.0800 e. The fraction of sp³-hybridized carbons (Fsp3) is 0.750. The monoisotopic (exact) mass is 196 g/mol. The number of hydrogen-bond acceptors (Lipinski definition) is 3. The molecule has 0 aromatic rings. The summed E-state index contributed by atoms with van der Waals surface area (Å²) >= 11 is 4.60. The van der Waals surface area contributed by atoms with Gasteiger partial charge < -0.3 is 0 Å². The van der Waals surface area contributed by atoms with Crippen LogP contribution < -0.4 is 4.72 Å². The van der Waals surface area contributed by atoms with E-state index in [0.717, 1.165) is 11.8 Å². The SMILES string of the molecule is CNSC(=N)CCBr. The first-order valence-electron chi connectivity index (χ1n) is 2.28. The number of halogens is 1. The molecule has 0 amide bonds. The predicted octanol–water partition coefficient (Wildman–Crippen LogP) is 1.62. The topological polar surface area (TPSA) is 35.9 Å². The lowest BCUT2D eigenvalue weighted by Crippen LogP contribution is -2.00. The van der Waals surface area contributed by atoms with Gasteiger partial charge in [0.2, 0.25) is 0 Å². The average Bonchev–Trinajstić information content (AvgIpc) is 1.68. The zero-order valence-corrected chi connectivity index (χ0v) is 7.10. The maximum absolute atomic E-state index is 7.16. The van der Waals surface area contributed by atoms with Gasteiger partial charge in [0.1, 0.15) is 0 Å². The fourth-order valence-electron chi connectivity index (χ4n) is 0.260. The second kappa shape index (κ2) is 5.59. The molecule has 0 aliphatic carbocycles. The minimum Gasteiger partial charge on any atom is -0.297 e. The molecular formula is C4H9BrN2S. The molecule has 0 heterocycles. The fourth-order valence-corrected chi connectivity index (χ4v) is 1.37. The first kappa shape index (κ1) is 8.46. The van der Waals surface area contributed by atoms with E-state index in [1.54, 1.807) is 0 Å². The van der Waals surface area contributed by atoms with E-state index in [2.05, 4.69) is 20.7 Å². The molecule has 0 radical (unpaired) electrons. The molecule has 0 unspecified atom stereocenters. The number of alkyl halides is 1. The molecule has 0 aliphatic rings. The van der Waals surface area contributed by atoms with Crippen LogP contribution in [0, 0.1) is 5.41 Å². The molecule has 0 fully saturated rings. The Hall–Kier alpha value is 0.460. The zero-order valence-electron chi connectivity index (χ0n) is 4.70. The van der Waals surface area contributed by atoms with Crippen LogP contribution in [-0.2, 0) is 0 Å². The van der Waals surface area contributed by atoms with Crippen molar-refractivity contribution in [2.45, 2.75) is 6.42 Å². The van der Waals surface area contributed by atoms with Crippen molar-refractivity contribution >= 4 is 32.9 Å². The minimum absolute atomic E-state index is 0.671. The molecule has 4 heteroatoms. The van der Waals surface area contributed by atoms with Crippen molar-refractivity contribution in [3.05, 3.63) is 0 Å². The molecule has 2 nitrogen and oxygen atoms in total. The van der Waals surface area contributed by atoms with Crippen LogP contribution in [0.5, 0.6) is 0 Å². The molecule has 48 valence electrons. The summed E-state index contributed by atoms with van der Waals surface area (Å²) in [5.41, 5.74) is 0. The highest BCUT2D eigenvalue weighted by Crippen LogP contribution is 2.00. The van der Waals surface area contributed by atoms with Crippen molar-refractivity contribution in [2.24, 2.45) is 0 Å². The van der Waals surface area contributed by atoms with Crippen molar-refractivity contribution in [3.8, 4) is 0 Å². The highest BCUT2D eigenvalue weighted by molar-refractivity contribution is 9.09. The van der Waals surface area contributed by atoms with Crippen LogP contribution in [0.1, 0.15) is 6.42 Å². The average molecular weight is 197 g/mol. The molecule has 0 atom stereocenters. The zero-order chi connectivity index (χ0) is 6.41. The van der Waals surface area contributed by atoms with Crippen LogP contribution in [0.4, 0.5) is 0 Å². The molecule has 0 saturated heterocycles. The van der Waals surface area contributed by atoms with Crippen molar-refractivity contribution in [2.75, 3.05) is 12.4 Å². The molecule has 0 rings (SSSR count). The summed E-state index contributed by atoms with van der Waals surface area (Å²) in [4.78, 5) is 0. The van der Waals surface area contributed by atoms with E-state index in [1.165, 1.54) is 11.9 Å². The van der Waals surface area contributed by atoms with Crippen molar-refractivity contribution in [3.63, 3.8) is 0 Å². The first-order chi connectivity index (χ1) is 3.81. The van der Waals surface area contributed by atoms with Crippen molar-refractivity contribution in [1.82, 2.24) is 4.72 Å². The van der Waals surface area contributed by atoms with Gasteiger partial charge in [-0.25, -0.2) is 0 Å². The van der Waals surface area contributed by atoms with Crippen LogP contribution in [-0.4, -0.2) is 17.4 Å². The summed E-state index contributed by atoms with van der Waals surface area (Å²) in [5, 5.41) is 8.71. The van der Waals surface area contributed by atoms with E-state index >= 15 is 0 Å². The molecule has 0 aromatic heterocycles. The van der Waals surface area contributed by atoms with Gasteiger partial charge in [-0.1, -0.05) is 15.9 Å². The lowest BCUT2D eigenvalue weighted by Gasteiger charge is -1.95. The third kappa shape index (κ3) is 4.61. The third-order valence-corrected chi connectivity index (χ3v) is 1.60. The molecule has 2 N–H and O–H groups in total. The number of nitrogens with one attached hydrogen (secondary N) is 2. The van der Waals surface area contributed by atoms with E-state index in [1.807, 2.05) is 7.05 Å². The Kier molecular flexibility index (Phi) is 5.92. The highest BCUT2D eigenvalue weighted by atomic mass is 79.9. The summed E-state index contributed by atoms with van der Waals surface area (Å²) in [6.45, 7) is 0. The number of hydrogen-bond donors (Lipinski definition) is 2. The number of rotatable bonds is 3. The predicted molar refractivity (Wildman–Crippen MR) is 42.8 cm³/mol. The van der Waals surface area contributed by atoms with E-state index < -0.39 is 0 Å². The summed E-state index contributed by atoms with van der Waals surface area (Å²) in [6, 6.07) is 0. The Morgan fingerprint density at radius 3 is 2.88 bits per heavy atom. The van der Waals surface area contributed by atoms with Gasteiger partial charge in [0.05, 0.1) is 5.04 Å². The lowest BCUT2D eigenvalue weighted by molar-refractivity contribution is 1.28. The quantitative estimate of drug-likeness (QED) is 0.312. The van der Waals surface area contributed by atoms with Crippen LogP contribution in [0.25, 0.3) is 0 Å². The molecule has 8 heavy (non-hydrogen) atoms. The van der Waals surface area contributed by atoms with Gasteiger partial charge >= 0.3 is 0 Å². The Bertz CT molecular complexity index is 68.4. The minimum atomic E-state index is 0.671. The van der Waals surface area contributed by atoms with E-state index in [0.29, 0.717) is 5.04 Å². The molecule has 0 spiro atoms. The molecule has 0 saturated carbocycles. The molecule has 0 aliphatic heterocycles. The summed E-state index contributed by atoms with van der Waals surface area (Å²) in [5.74, 6) is 0. The lowest BCUT2D eigenvalue weighted by atomic mass is 10.5. The van der Waals surface area contributed by atoms with Gasteiger partial charge in [-0.05, 0) is 19.0 Å². The Balaban J connectivity index is 3.06. The van der Waals surface area contributed by atoms with Gasteiger partial charge in [-0.3, -0.25) is 10.1 Å². The second-order valence-corrected chi connectivity index (χ2v) is 3.07. The van der Waals surface area contributed by atoms with Gasteiger partial charge in [0.25, 0.3) is 0 Å². The maximum Gasteiger partial charge on any atom is 0.0800 e. The largest absolute Gasteiger partial charge is 0.297 e. The van der Waals surface area contributed by atoms with Crippen LogP contribution >= 0.6 is 27.9 Å². The van der Waals surface area contributed by atoms with Gasteiger partial charge in [-0.2, -0.15) is 0 Å². The second-order valence-electron chi connectivity index (χ2n) is 1.17. The van der Waals surface area contributed by atoms with Crippen molar-refractivity contribution < 1.29 is 0 Å². The van der Waals surface area contributed by atoms with E-state index in [-0.39, 0.29) is 0 Å². The Morgan fingerprint density at radius 1 is 1.88 bits per heavy atom. The van der Waals surface area contributed by atoms with Crippen molar-refractivity contribution in [1.29, 1.82) is 5.41 Å². The van der Waals surface area contributed by atoms with Gasteiger partial charge in [0.15, 0.2) is 0 Å². The van der Waals surface area contributed by atoms with Crippen LogP contribution in [0.2, 0.25) is 0 Å². The summed E-state index contributed by atoms with van der Waals surface area (Å²) < 4.78 is 2.82. The Labute approximate surface area is 62.2 Å². The summed E-state index contributed by atoms with van der Waals surface area (Å²) in [6.07, 6.45) is 0.811. The van der Waals surface area contributed by atoms with Crippen LogP contribution in [0.3, 0.4) is 0 Å².